The van der Waals surface area contributed by atoms with E-state index < -0.39 is 0 Å². The van der Waals surface area contributed by atoms with Crippen LogP contribution in [0.5, 0.6) is 0 Å². The molecule has 0 amide bonds. The predicted octanol–water partition coefficient (Wildman–Crippen LogP) is 3.29. The average molecular weight is 261 g/mol. The van der Waals surface area contributed by atoms with Gasteiger partial charge in [-0.2, -0.15) is 0 Å². The van der Waals surface area contributed by atoms with E-state index in [0.717, 1.165) is 25.6 Å². The maximum absolute atomic E-state index is 5.11. The van der Waals surface area contributed by atoms with E-state index in [9.17, 15) is 0 Å². The van der Waals surface area contributed by atoms with Crippen LogP contribution < -0.4 is 5.32 Å². The van der Waals surface area contributed by atoms with Gasteiger partial charge in [-0.15, -0.1) is 0 Å². The number of rotatable bonds is 7. The van der Waals surface area contributed by atoms with Crippen molar-refractivity contribution in [1.29, 1.82) is 0 Å². The highest BCUT2D eigenvalue weighted by Gasteiger charge is 2.43. The molecule has 1 aliphatic rings. The quantitative estimate of drug-likeness (QED) is 0.761. The molecule has 0 saturated heterocycles. The van der Waals surface area contributed by atoms with Crippen molar-refractivity contribution in [2.45, 2.75) is 38.5 Å². The molecule has 19 heavy (non-hydrogen) atoms. The molecular formula is C17H27NO. The van der Waals surface area contributed by atoms with Gasteiger partial charge in [0.25, 0.3) is 0 Å². The van der Waals surface area contributed by atoms with Crippen molar-refractivity contribution in [3.05, 3.63) is 35.4 Å². The number of aryl methyl sites for hydroxylation is 1. The molecule has 0 heterocycles. The van der Waals surface area contributed by atoms with Crippen molar-refractivity contribution >= 4 is 0 Å². The number of ether oxygens (including phenoxy) is 1. The summed E-state index contributed by atoms with van der Waals surface area (Å²) >= 11 is 0. The third-order valence-corrected chi connectivity index (χ3v) is 4.55. The van der Waals surface area contributed by atoms with Gasteiger partial charge in [0.1, 0.15) is 0 Å². The largest absolute Gasteiger partial charge is 0.383 e. The van der Waals surface area contributed by atoms with Crippen LogP contribution in [0.4, 0.5) is 0 Å². The van der Waals surface area contributed by atoms with E-state index >= 15 is 0 Å². The fraction of sp³-hybridized carbons (Fsp3) is 0.647. The number of nitrogens with one attached hydrogen (secondary N) is 1. The fourth-order valence-corrected chi connectivity index (χ4v) is 3.23. The third-order valence-electron chi connectivity index (χ3n) is 4.55. The Morgan fingerprint density at radius 2 is 1.95 bits per heavy atom. The van der Waals surface area contributed by atoms with Gasteiger partial charge in [0, 0.05) is 25.6 Å². The molecule has 2 nitrogen and oxygen atoms in total. The highest BCUT2D eigenvalue weighted by molar-refractivity contribution is 5.32. The van der Waals surface area contributed by atoms with Crippen LogP contribution in [0.2, 0.25) is 0 Å². The molecule has 0 aliphatic heterocycles. The Hall–Kier alpha value is -0.860. The van der Waals surface area contributed by atoms with Gasteiger partial charge < -0.3 is 10.1 Å². The topological polar surface area (TPSA) is 21.3 Å². The van der Waals surface area contributed by atoms with E-state index in [-0.39, 0.29) is 0 Å². The summed E-state index contributed by atoms with van der Waals surface area (Å²) in [7, 11) is 1.76. The summed E-state index contributed by atoms with van der Waals surface area (Å²) < 4.78 is 5.11. The Morgan fingerprint density at radius 1 is 1.26 bits per heavy atom. The van der Waals surface area contributed by atoms with E-state index in [4.69, 9.17) is 4.74 Å². The molecule has 1 saturated carbocycles. The molecule has 0 spiro atoms. The molecule has 1 aromatic rings. The summed E-state index contributed by atoms with van der Waals surface area (Å²) in [5.41, 5.74) is 3.22. The molecule has 0 bridgehead atoms. The Morgan fingerprint density at radius 3 is 2.53 bits per heavy atom. The average Bonchev–Trinajstić information content (AvgIpc) is 2.38. The lowest BCUT2D eigenvalue weighted by Crippen LogP contribution is -2.49. The predicted molar refractivity (Wildman–Crippen MR) is 80.6 cm³/mol. The summed E-state index contributed by atoms with van der Waals surface area (Å²) in [6.07, 6.45) is 3.96. The van der Waals surface area contributed by atoms with Crippen LogP contribution >= 0.6 is 0 Å². The first-order valence-corrected chi connectivity index (χ1v) is 7.47. The first-order valence-electron chi connectivity index (χ1n) is 7.47. The summed E-state index contributed by atoms with van der Waals surface area (Å²) in [4.78, 5) is 0. The van der Waals surface area contributed by atoms with Crippen molar-refractivity contribution in [3.63, 3.8) is 0 Å². The monoisotopic (exact) mass is 261 g/mol. The molecule has 1 aromatic carbocycles. The van der Waals surface area contributed by atoms with Gasteiger partial charge in [0.2, 0.25) is 0 Å². The highest BCUT2D eigenvalue weighted by atomic mass is 16.5. The van der Waals surface area contributed by atoms with Crippen LogP contribution in [-0.2, 0) is 10.2 Å². The first kappa shape index (κ1) is 14.5. The van der Waals surface area contributed by atoms with Gasteiger partial charge in [-0.05, 0) is 31.2 Å². The summed E-state index contributed by atoms with van der Waals surface area (Å²) in [5, 5.41) is 3.56. The lowest BCUT2D eigenvalue weighted by atomic mass is 9.58. The van der Waals surface area contributed by atoms with Gasteiger partial charge in [-0.25, -0.2) is 0 Å². The molecule has 2 heteroatoms. The smallest absolute Gasteiger partial charge is 0.0587 e. The zero-order valence-electron chi connectivity index (χ0n) is 12.5. The van der Waals surface area contributed by atoms with Crippen LogP contribution in [0.3, 0.4) is 0 Å². The Kier molecular flexibility index (Phi) is 5.00. The standard InChI is InChI=1S/C17H27NO/c1-4-15-11-17(12-15,13-18-9-10-19-3)16-7-5-14(2)6-8-16/h5-8,15,18H,4,9-13H2,1-3H3. The minimum atomic E-state index is 0.363. The Balaban J connectivity index is 2.01. The van der Waals surface area contributed by atoms with E-state index in [1.165, 1.54) is 30.4 Å². The van der Waals surface area contributed by atoms with E-state index in [2.05, 4.69) is 43.4 Å². The minimum absolute atomic E-state index is 0.363. The van der Waals surface area contributed by atoms with E-state index in [0.29, 0.717) is 5.41 Å². The third kappa shape index (κ3) is 3.37. The van der Waals surface area contributed by atoms with Gasteiger partial charge >= 0.3 is 0 Å². The van der Waals surface area contributed by atoms with Crippen molar-refractivity contribution < 1.29 is 4.74 Å². The summed E-state index contributed by atoms with van der Waals surface area (Å²) in [6, 6.07) is 9.12. The fourth-order valence-electron chi connectivity index (χ4n) is 3.23. The molecule has 1 fully saturated rings. The number of hydrogen-bond donors (Lipinski definition) is 1. The minimum Gasteiger partial charge on any atom is -0.383 e. The van der Waals surface area contributed by atoms with Gasteiger partial charge in [0.05, 0.1) is 6.61 Å². The van der Waals surface area contributed by atoms with Crippen LogP contribution in [0.25, 0.3) is 0 Å². The number of hydrogen-bond acceptors (Lipinski definition) is 2. The Bertz CT molecular complexity index is 379. The van der Waals surface area contributed by atoms with Gasteiger partial charge in [-0.1, -0.05) is 43.2 Å². The molecule has 0 radical (unpaired) electrons. The maximum atomic E-state index is 5.11. The Labute approximate surface area is 117 Å². The molecule has 1 aliphatic carbocycles. The molecule has 106 valence electrons. The zero-order valence-corrected chi connectivity index (χ0v) is 12.5. The van der Waals surface area contributed by atoms with E-state index in [1.807, 2.05) is 0 Å². The second-order valence-electron chi connectivity index (χ2n) is 6.00. The number of benzene rings is 1. The van der Waals surface area contributed by atoms with Crippen LogP contribution in [0.1, 0.15) is 37.3 Å². The van der Waals surface area contributed by atoms with Gasteiger partial charge in [-0.3, -0.25) is 0 Å². The molecule has 0 atom stereocenters. The first-order chi connectivity index (χ1) is 9.20. The van der Waals surface area contributed by atoms with Crippen molar-refractivity contribution in [2.24, 2.45) is 5.92 Å². The highest BCUT2D eigenvalue weighted by Crippen LogP contribution is 2.48. The van der Waals surface area contributed by atoms with Crippen LogP contribution in [-0.4, -0.2) is 26.8 Å². The zero-order chi connectivity index (χ0) is 13.7. The van der Waals surface area contributed by atoms with E-state index in [1.54, 1.807) is 7.11 Å². The number of methoxy groups -OCH3 is 1. The molecule has 0 unspecified atom stereocenters. The lowest BCUT2D eigenvalue weighted by molar-refractivity contribution is 0.128. The summed E-state index contributed by atoms with van der Waals surface area (Å²) in [6.45, 7) is 7.28. The molecule has 0 aromatic heterocycles. The SMILES string of the molecule is CCC1CC(CNCCOC)(c2ccc(C)cc2)C1. The second kappa shape index (κ2) is 6.53. The molecular weight excluding hydrogens is 234 g/mol. The van der Waals surface area contributed by atoms with Crippen molar-refractivity contribution in [3.8, 4) is 0 Å². The van der Waals surface area contributed by atoms with Crippen LogP contribution in [0, 0.1) is 12.8 Å². The lowest BCUT2D eigenvalue weighted by Gasteiger charge is -2.48. The van der Waals surface area contributed by atoms with Crippen molar-refractivity contribution in [2.75, 3.05) is 26.8 Å². The molecule has 1 N–H and O–H groups in total. The normalized spacial score (nSPS) is 26.2. The van der Waals surface area contributed by atoms with Crippen molar-refractivity contribution in [1.82, 2.24) is 5.32 Å². The van der Waals surface area contributed by atoms with Gasteiger partial charge in [0.15, 0.2) is 0 Å². The molecule has 2 rings (SSSR count). The summed E-state index contributed by atoms with van der Waals surface area (Å²) in [5.74, 6) is 0.908. The maximum Gasteiger partial charge on any atom is 0.0587 e. The second-order valence-corrected chi connectivity index (χ2v) is 6.00. The van der Waals surface area contributed by atoms with Crippen LogP contribution in [0.15, 0.2) is 24.3 Å².